The van der Waals surface area contributed by atoms with Gasteiger partial charge in [0.2, 0.25) is 0 Å². The molecule has 0 saturated carbocycles. The first kappa shape index (κ1) is 14.6. The maximum atomic E-state index is 12.4. The zero-order valence-electron chi connectivity index (χ0n) is 11.5. The number of carbonyl (C=O) groups excluding carboxylic acids is 1. The summed E-state index contributed by atoms with van der Waals surface area (Å²) < 4.78 is 0.920. The number of fused-ring (bicyclic) bond motifs is 1. The topological polar surface area (TPSA) is 29.1 Å². The fourth-order valence-electron chi connectivity index (χ4n) is 2.59. The van der Waals surface area contributed by atoms with Gasteiger partial charge in [-0.2, -0.15) is 0 Å². The molecule has 0 fully saturated rings. The molecule has 1 aliphatic heterocycles. The molecule has 4 heteroatoms. The van der Waals surface area contributed by atoms with Crippen molar-refractivity contribution in [3.63, 3.8) is 0 Å². The van der Waals surface area contributed by atoms with Gasteiger partial charge in [-0.1, -0.05) is 33.6 Å². The van der Waals surface area contributed by atoms with Gasteiger partial charge in [0.1, 0.15) is 0 Å². The van der Waals surface area contributed by atoms with E-state index in [-0.39, 0.29) is 5.78 Å². The highest BCUT2D eigenvalue weighted by atomic mass is 79.9. The molecule has 0 radical (unpaired) electrons. The highest BCUT2D eigenvalue weighted by molar-refractivity contribution is 9.10. The second-order valence-electron chi connectivity index (χ2n) is 5.24. The Morgan fingerprint density at radius 1 is 1.24 bits per heavy atom. The molecule has 0 aromatic heterocycles. The molecule has 0 saturated heterocycles. The molecule has 2 aromatic carbocycles. The summed E-state index contributed by atoms with van der Waals surface area (Å²) in [6.45, 7) is 1.01. The SMILES string of the molecule is O=C(Cc1ccc(Br)cc1Cl)c1ccc2c(c1)CCCN2. The monoisotopic (exact) mass is 363 g/mol. The van der Waals surface area contributed by atoms with E-state index in [1.165, 1.54) is 5.56 Å². The standard InChI is InChI=1S/C17H15BrClNO/c18-14-5-3-11(15(19)10-14)9-17(21)13-4-6-16-12(8-13)2-1-7-20-16/h3-6,8,10,20H,1-2,7,9H2. The molecule has 21 heavy (non-hydrogen) atoms. The van der Waals surface area contributed by atoms with Crippen LogP contribution in [0.2, 0.25) is 5.02 Å². The normalized spacial score (nSPS) is 13.4. The summed E-state index contributed by atoms with van der Waals surface area (Å²) in [6.07, 6.45) is 2.48. The Kier molecular flexibility index (Phi) is 4.32. The van der Waals surface area contributed by atoms with E-state index in [2.05, 4.69) is 21.2 Å². The molecule has 2 aromatic rings. The highest BCUT2D eigenvalue weighted by Gasteiger charge is 2.14. The van der Waals surface area contributed by atoms with Crippen molar-refractivity contribution in [1.29, 1.82) is 0 Å². The first-order valence-electron chi connectivity index (χ1n) is 6.97. The van der Waals surface area contributed by atoms with Crippen LogP contribution in [0.4, 0.5) is 5.69 Å². The quantitative estimate of drug-likeness (QED) is 0.786. The molecule has 0 unspecified atom stereocenters. The Morgan fingerprint density at radius 2 is 2.10 bits per heavy atom. The number of Topliss-reactive ketones (excluding diaryl/α,β-unsaturated/α-hetero) is 1. The lowest BCUT2D eigenvalue weighted by Gasteiger charge is -2.18. The van der Waals surface area contributed by atoms with Crippen molar-refractivity contribution in [2.45, 2.75) is 19.3 Å². The average molecular weight is 365 g/mol. The van der Waals surface area contributed by atoms with Gasteiger partial charge >= 0.3 is 0 Å². The third-order valence-corrected chi connectivity index (χ3v) is 4.58. The number of hydrogen-bond donors (Lipinski definition) is 1. The smallest absolute Gasteiger partial charge is 0.167 e. The van der Waals surface area contributed by atoms with Gasteiger partial charge in [-0.25, -0.2) is 0 Å². The molecule has 1 aliphatic rings. The van der Waals surface area contributed by atoms with Crippen molar-refractivity contribution in [2.24, 2.45) is 0 Å². The van der Waals surface area contributed by atoms with Crippen LogP contribution in [-0.2, 0) is 12.8 Å². The third-order valence-electron chi connectivity index (χ3n) is 3.73. The largest absolute Gasteiger partial charge is 0.385 e. The van der Waals surface area contributed by atoms with Crippen molar-refractivity contribution < 1.29 is 4.79 Å². The number of halogens is 2. The molecule has 1 N–H and O–H groups in total. The van der Waals surface area contributed by atoms with Crippen LogP contribution in [0.3, 0.4) is 0 Å². The van der Waals surface area contributed by atoms with Gasteiger partial charge in [0.25, 0.3) is 0 Å². The first-order chi connectivity index (χ1) is 10.1. The van der Waals surface area contributed by atoms with E-state index in [1.54, 1.807) is 0 Å². The minimum Gasteiger partial charge on any atom is -0.385 e. The zero-order valence-corrected chi connectivity index (χ0v) is 13.8. The van der Waals surface area contributed by atoms with Crippen molar-refractivity contribution in [2.75, 3.05) is 11.9 Å². The van der Waals surface area contributed by atoms with Gasteiger partial charge < -0.3 is 5.32 Å². The zero-order chi connectivity index (χ0) is 14.8. The summed E-state index contributed by atoms with van der Waals surface area (Å²) in [7, 11) is 0. The molecule has 0 amide bonds. The number of hydrogen-bond acceptors (Lipinski definition) is 2. The Hall–Kier alpha value is -1.32. The van der Waals surface area contributed by atoms with Crippen LogP contribution in [0.25, 0.3) is 0 Å². The minimum atomic E-state index is 0.104. The highest BCUT2D eigenvalue weighted by Crippen LogP contribution is 2.25. The van der Waals surface area contributed by atoms with Crippen LogP contribution in [0.1, 0.15) is 27.9 Å². The van der Waals surface area contributed by atoms with E-state index < -0.39 is 0 Å². The molecule has 1 heterocycles. The van der Waals surface area contributed by atoms with E-state index in [9.17, 15) is 4.79 Å². The van der Waals surface area contributed by atoms with E-state index in [0.717, 1.165) is 40.7 Å². The number of aryl methyl sites for hydroxylation is 1. The summed E-state index contributed by atoms with van der Waals surface area (Å²) >= 11 is 9.56. The molecule has 0 aliphatic carbocycles. The maximum Gasteiger partial charge on any atom is 0.167 e. The van der Waals surface area contributed by atoms with Crippen LogP contribution in [0, 0.1) is 0 Å². The van der Waals surface area contributed by atoms with Crippen LogP contribution in [-0.4, -0.2) is 12.3 Å². The van der Waals surface area contributed by atoms with Crippen LogP contribution in [0.5, 0.6) is 0 Å². The second kappa shape index (κ2) is 6.20. The summed E-state index contributed by atoms with van der Waals surface area (Å²) in [5.41, 5.74) is 4.01. The van der Waals surface area contributed by atoms with E-state index in [0.29, 0.717) is 11.4 Å². The van der Waals surface area contributed by atoms with Crippen LogP contribution >= 0.6 is 27.5 Å². The number of rotatable bonds is 3. The predicted molar refractivity (Wildman–Crippen MR) is 90.4 cm³/mol. The van der Waals surface area contributed by atoms with E-state index in [1.807, 2.05) is 36.4 Å². The van der Waals surface area contributed by atoms with Gasteiger partial charge in [0, 0.05) is 33.7 Å². The number of anilines is 1. The fourth-order valence-corrected chi connectivity index (χ4v) is 3.33. The molecule has 3 rings (SSSR count). The summed E-state index contributed by atoms with van der Waals surface area (Å²) in [6, 6.07) is 11.5. The maximum absolute atomic E-state index is 12.4. The number of nitrogens with one attached hydrogen (secondary N) is 1. The second-order valence-corrected chi connectivity index (χ2v) is 6.56. The van der Waals surface area contributed by atoms with Gasteiger partial charge in [-0.15, -0.1) is 0 Å². The first-order valence-corrected chi connectivity index (χ1v) is 8.14. The number of benzene rings is 2. The van der Waals surface area contributed by atoms with Crippen molar-refractivity contribution in [3.8, 4) is 0 Å². The average Bonchev–Trinajstić information content (AvgIpc) is 2.49. The lowest BCUT2D eigenvalue weighted by Crippen LogP contribution is -2.13. The Balaban J connectivity index is 1.82. The van der Waals surface area contributed by atoms with Crippen LogP contribution in [0.15, 0.2) is 40.9 Å². The van der Waals surface area contributed by atoms with E-state index >= 15 is 0 Å². The predicted octanol–water partition coefficient (Wildman–Crippen LogP) is 4.89. The van der Waals surface area contributed by atoms with Crippen molar-refractivity contribution in [1.82, 2.24) is 0 Å². The molecule has 0 spiro atoms. The molecular weight excluding hydrogens is 350 g/mol. The lowest BCUT2D eigenvalue weighted by atomic mass is 9.97. The van der Waals surface area contributed by atoms with Crippen LogP contribution < -0.4 is 5.32 Å². The summed E-state index contributed by atoms with van der Waals surface area (Å²) in [4.78, 5) is 12.4. The van der Waals surface area contributed by atoms with Gasteiger partial charge in [-0.05, 0) is 54.3 Å². The number of carbonyl (C=O) groups is 1. The minimum absolute atomic E-state index is 0.104. The lowest BCUT2D eigenvalue weighted by molar-refractivity contribution is 0.0993. The molecular formula is C17H15BrClNO. The molecule has 2 nitrogen and oxygen atoms in total. The Labute approximate surface area is 137 Å². The van der Waals surface area contributed by atoms with E-state index in [4.69, 9.17) is 11.6 Å². The third kappa shape index (κ3) is 3.30. The van der Waals surface area contributed by atoms with Gasteiger partial charge in [-0.3, -0.25) is 4.79 Å². The molecule has 108 valence electrons. The Morgan fingerprint density at radius 3 is 2.90 bits per heavy atom. The summed E-state index contributed by atoms with van der Waals surface area (Å²) in [5.74, 6) is 0.104. The molecule has 0 bridgehead atoms. The van der Waals surface area contributed by atoms with Gasteiger partial charge in [0.05, 0.1) is 0 Å². The molecule has 0 atom stereocenters. The van der Waals surface area contributed by atoms with Crippen molar-refractivity contribution >= 4 is 39.0 Å². The van der Waals surface area contributed by atoms with Crippen molar-refractivity contribution in [3.05, 3.63) is 62.6 Å². The Bertz CT molecular complexity index is 699. The number of ketones is 1. The van der Waals surface area contributed by atoms with Gasteiger partial charge in [0.15, 0.2) is 5.78 Å². The fraction of sp³-hybridized carbons (Fsp3) is 0.235. The summed E-state index contributed by atoms with van der Waals surface area (Å²) in [5, 5.41) is 3.98.